The Balaban J connectivity index is -0.000000135. The van der Waals surface area contributed by atoms with Crippen LogP contribution in [0.15, 0.2) is 0 Å². The fourth-order valence-corrected chi connectivity index (χ4v) is 0.224. The molecule has 0 radical (unpaired) electrons. The van der Waals surface area contributed by atoms with E-state index in [9.17, 15) is 29.7 Å². The molecule has 0 aromatic heterocycles. The van der Waals surface area contributed by atoms with Gasteiger partial charge in [0.2, 0.25) is 0 Å². The van der Waals surface area contributed by atoms with Gasteiger partial charge in [0.1, 0.15) is 18.3 Å². The molecule has 0 unspecified atom stereocenters. The molecular formula is C3K3NO6. The number of hydrogen-bond donors (Lipinski definition) is 0. The third-order valence-electron chi connectivity index (χ3n) is 0.548. The van der Waals surface area contributed by atoms with E-state index in [0.29, 0.717) is 0 Å². The number of imide groups is 3. The second-order valence-electron chi connectivity index (χ2n) is 1.13. The second-order valence-corrected chi connectivity index (χ2v) is 1.13. The summed E-state index contributed by atoms with van der Waals surface area (Å²) in [7, 11) is 0. The Morgan fingerprint density at radius 2 is 0.846 bits per heavy atom. The molecule has 10 heteroatoms. The van der Waals surface area contributed by atoms with Crippen LogP contribution < -0.4 is 169 Å². The summed E-state index contributed by atoms with van der Waals surface area (Å²) in [6.45, 7) is 0. The summed E-state index contributed by atoms with van der Waals surface area (Å²) in [5.41, 5.74) is 0. The fraction of sp³-hybridized carbons (Fsp3) is 0. The Bertz CT molecular complexity index is 162. The number of amides is 3. The Morgan fingerprint density at radius 1 is 0.692 bits per heavy atom. The molecule has 0 spiro atoms. The summed E-state index contributed by atoms with van der Waals surface area (Å²) in [4.78, 5) is 27.6. The summed E-state index contributed by atoms with van der Waals surface area (Å²) < 4.78 is 0. The predicted molar refractivity (Wildman–Crippen MR) is 18.0 cm³/mol. The normalized spacial score (nSPS) is 6.46. The molecule has 0 saturated heterocycles. The first kappa shape index (κ1) is 25.1. The summed E-state index contributed by atoms with van der Waals surface area (Å²) in [5.74, 6) is 0. The molecule has 0 aliphatic rings. The fourth-order valence-electron chi connectivity index (χ4n) is 0.224. The molecule has 0 aliphatic heterocycles. The molecule has 0 heterocycles. The van der Waals surface area contributed by atoms with Gasteiger partial charge in [0.15, 0.2) is 0 Å². The van der Waals surface area contributed by atoms with Crippen LogP contribution in [0.25, 0.3) is 0 Å². The van der Waals surface area contributed by atoms with E-state index >= 15 is 0 Å². The van der Waals surface area contributed by atoms with E-state index in [1.807, 2.05) is 0 Å². The van der Waals surface area contributed by atoms with Crippen molar-refractivity contribution in [3.8, 4) is 0 Å². The number of rotatable bonds is 0. The molecular weight excluding hydrogens is 263 g/mol. The van der Waals surface area contributed by atoms with E-state index in [1.165, 1.54) is 0 Å². The van der Waals surface area contributed by atoms with Crippen LogP contribution in [-0.4, -0.2) is 23.2 Å². The molecule has 0 rings (SSSR count). The minimum absolute atomic E-state index is 0. The van der Waals surface area contributed by atoms with E-state index in [2.05, 4.69) is 0 Å². The van der Waals surface area contributed by atoms with Crippen molar-refractivity contribution in [1.29, 1.82) is 0 Å². The SMILES string of the molecule is O=C([O-])N(C(=O)[O-])C(=O)[O-].[K+].[K+].[K+]. The van der Waals surface area contributed by atoms with Crippen LogP contribution >= 0.6 is 0 Å². The molecule has 0 aliphatic carbocycles. The van der Waals surface area contributed by atoms with Gasteiger partial charge in [-0.05, 0) is 0 Å². The number of carbonyl (C=O) groups excluding carboxylic acids is 3. The average Bonchev–Trinajstić information content (AvgIpc) is 1.59. The summed E-state index contributed by atoms with van der Waals surface area (Å²) in [6, 6.07) is 0. The number of hydrogen-bond acceptors (Lipinski definition) is 6. The van der Waals surface area contributed by atoms with E-state index in [4.69, 9.17) is 0 Å². The molecule has 0 bridgehead atoms. The Labute approximate surface area is 201 Å². The number of carbonyl (C=O) groups is 3. The summed E-state index contributed by atoms with van der Waals surface area (Å²) in [6.07, 6.45) is -7.25. The zero-order chi connectivity index (χ0) is 8.31. The van der Waals surface area contributed by atoms with Gasteiger partial charge in [-0.15, -0.1) is 0 Å². The van der Waals surface area contributed by atoms with Crippen LogP contribution in [0, 0.1) is 0 Å². The van der Waals surface area contributed by atoms with Crippen LogP contribution in [0.5, 0.6) is 0 Å². The minimum Gasteiger partial charge on any atom is -0.529 e. The van der Waals surface area contributed by atoms with Crippen molar-refractivity contribution in [3.05, 3.63) is 0 Å². The first-order valence-corrected chi connectivity index (χ1v) is 1.90. The van der Waals surface area contributed by atoms with Gasteiger partial charge in [0.05, 0.1) is 0 Å². The molecule has 0 fully saturated rings. The quantitative estimate of drug-likeness (QED) is 0.400. The van der Waals surface area contributed by atoms with Crippen molar-refractivity contribution in [2.75, 3.05) is 0 Å². The van der Waals surface area contributed by atoms with Crippen LogP contribution in [0.3, 0.4) is 0 Å². The molecule has 56 valence electrons. The predicted octanol–water partition coefficient (Wildman–Crippen LogP) is -12.7. The zero-order valence-electron chi connectivity index (χ0n) is 7.40. The molecule has 0 aromatic carbocycles. The van der Waals surface area contributed by atoms with Crippen LogP contribution in [-0.2, 0) is 0 Å². The molecule has 7 nitrogen and oxygen atoms in total. The molecule has 13 heavy (non-hydrogen) atoms. The summed E-state index contributed by atoms with van der Waals surface area (Å²) in [5, 5.41) is 28.7. The first-order valence-electron chi connectivity index (χ1n) is 1.90. The third kappa shape index (κ3) is 11.4. The van der Waals surface area contributed by atoms with E-state index in [0.717, 1.165) is 0 Å². The maximum Gasteiger partial charge on any atom is 1.00 e. The van der Waals surface area contributed by atoms with Crippen molar-refractivity contribution in [2.24, 2.45) is 0 Å². The maximum absolute atomic E-state index is 9.56. The van der Waals surface area contributed by atoms with E-state index < -0.39 is 23.2 Å². The Morgan fingerprint density at radius 3 is 0.846 bits per heavy atom. The van der Waals surface area contributed by atoms with Gasteiger partial charge < -0.3 is 29.7 Å². The van der Waals surface area contributed by atoms with Gasteiger partial charge in [-0.25, -0.2) is 0 Å². The van der Waals surface area contributed by atoms with Gasteiger partial charge >= 0.3 is 154 Å². The van der Waals surface area contributed by atoms with Gasteiger partial charge in [-0.1, -0.05) is 0 Å². The molecule has 0 N–H and O–H groups in total. The smallest absolute Gasteiger partial charge is 0.529 e. The van der Waals surface area contributed by atoms with Crippen LogP contribution in [0.4, 0.5) is 14.4 Å². The standard InChI is InChI=1S/C3H3NO6.3K/c5-1(6)4(2(7)8)3(9)10;;;/h(H,5,6)(H,7,8)(H,9,10);;;/q;3*+1/p-3. The van der Waals surface area contributed by atoms with Gasteiger partial charge in [0.25, 0.3) is 0 Å². The van der Waals surface area contributed by atoms with Crippen LogP contribution in [0.1, 0.15) is 0 Å². The van der Waals surface area contributed by atoms with E-state index in [1.54, 1.807) is 0 Å². The van der Waals surface area contributed by atoms with Gasteiger partial charge in [0, 0.05) is 0 Å². The maximum atomic E-state index is 9.56. The summed E-state index contributed by atoms with van der Waals surface area (Å²) >= 11 is 0. The van der Waals surface area contributed by atoms with Crippen molar-refractivity contribution < 1.29 is 184 Å². The molecule has 0 aromatic rings. The number of nitrogens with zero attached hydrogens (tertiary/aromatic N) is 1. The van der Waals surface area contributed by atoms with Crippen molar-refractivity contribution in [3.63, 3.8) is 0 Å². The topological polar surface area (TPSA) is 124 Å². The first-order chi connectivity index (χ1) is 4.46. The van der Waals surface area contributed by atoms with Crippen LogP contribution in [0.2, 0.25) is 0 Å². The monoisotopic (exact) mass is 263 g/mol. The Kier molecular flexibility index (Phi) is 25.4. The largest absolute Gasteiger partial charge is 1.00 e. The van der Waals surface area contributed by atoms with Gasteiger partial charge in [-0.3, -0.25) is 4.90 Å². The molecule has 3 amide bonds. The average molecular weight is 263 g/mol. The minimum atomic E-state index is -2.42. The van der Waals surface area contributed by atoms with E-state index in [-0.39, 0.29) is 154 Å². The van der Waals surface area contributed by atoms with Crippen molar-refractivity contribution >= 4 is 18.3 Å². The molecule has 0 saturated carbocycles. The second kappa shape index (κ2) is 13.2. The number of carboxylic acid groups (broad SMARTS) is 3. The van der Waals surface area contributed by atoms with Crippen molar-refractivity contribution in [1.82, 2.24) is 4.90 Å². The third-order valence-corrected chi connectivity index (χ3v) is 0.548. The van der Waals surface area contributed by atoms with Crippen molar-refractivity contribution in [2.45, 2.75) is 0 Å². The van der Waals surface area contributed by atoms with Gasteiger partial charge in [-0.2, -0.15) is 0 Å². The zero-order valence-corrected chi connectivity index (χ0v) is 16.8. The Hall–Kier alpha value is 3.12. The molecule has 0 atom stereocenters.